The van der Waals surface area contributed by atoms with E-state index in [-0.39, 0.29) is 23.0 Å². The fourth-order valence-electron chi connectivity index (χ4n) is 5.01. The highest BCUT2D eigenvalue weighted by Gasteiger charge is 2.38. The molecule has 3 aromatic carbocycles. The molecular formula is C28H30ClN3O3. The predicted molar refractivity (Wildman–Crippen MR) is 142 cm³/mol. The number of ether oxygens (including phenoxy) is 1. The highest BCUT2D eigenvalue weighted by Crippen LogP contribution is 2.48. The number of phenolic OH excluding ortho intramolecular Hbond substituents is 1. The van der Waals surface area contributed by atoms with Crippen LogP contribution in [0, 0.1) is 6.92 Å². The van der Waals surface area contributed by atoms with Gasteiger partial charge in [0.2, 0.25) is 0 Å². The van der Waals surface area contributed by atoms with Crippen LogP contribution in [0.2, 0.25) is 0 Å². The Bertz CT molecular complexity index is 1430. The van der Waals surface area contributed by atoms with Crippen molar-refractivity contribution in [2.75, 3.05) is 38.7 Å². The molecule has 4 aromatic rings. The van der Waals surface area contributed by atoms with Crippen LogP contribution in [0.15, 0.2) is 48.5 Å². The number of phenols is 1. The minimum atomic E-state index is -0.177. The van der Waals surface area contributed by atoms with Gasteiger partial charge in [0.05, 0.1) is 5.69 Å². The third kappa shape index (κ3) is 4.21. The smallest absolute Gasteiger partial charge is 0.274 e. The van der Waals surface area contributed by atoms with Crippen LogP contribution in [0.5, 0.6) is 11.5 Å². The molecule has 182 valence electrons. The van der Waals surface area contributed by atoms with Crippen molar-refractivity contribution >= 4 is 44.9 Å². The van der Waals surface area contributed by atoms with E-state index in [4.69, 9.17) is 16.3 Å². The summed E-state index contributed by atoms with van der Waals surface area (Å²) in [6.07, 6.45) is 0. The molecule has 0 bridgehead atoms. The van der Waals surface area contributed by atoms with Crippen molar-refractivity contribution in [2.45, 2.75) is 25.1 Å². The molecule has 1 aliphatic heterocycles. The number of hydrogen-bond donors (Lipinski definition) is 2. The van der Waals surface area contributed by atoms with Crippen LogP contribution in [0.3, 0.4) is 0 Å². The maximum absolute atomic E-state index is 13.7. The third-order valence-electron chi connectivity index (χ3n) is 6.84. The first kappa shape index (κ1) is 23.5. The highest BCUT2D eigenvalue weighted by molar-refractivity contribution is 6.22. The van der Waals surface area contributed by atoms with Gasteiger partial charge >= 0.3 is 0 Å². The SMILES string of the molecule is Cc1cccc2c(O)cc3c(c12)[C@H]([C@H](C)Cl)CN3C(=O)c1cc2cc(OCCN(C)C)ccc2[nH]1. The van der Waals surface area contributed by atoms with Gasteiger partial charge < -0.3 is 24.6 Å². The van der Waals surface area contributed by atoms with Crippen LogP contribution >= 0.6 is 11.6 Å². The molecule has 2 N–H and O–H groups in total. The summed E-state index contributed by atoms with van der Waals surface area (Å²) in [5.74, 6) is 0.747. The number of likely N-dealkylation sites (N-methyl/N-ethyl adjacent to an activating group) is 1. The molecule has 0 spiro atoms. The van der Waals surface area contributed by atoms with Crippen molar-refractivity contribution in [1.29, 1.82) is 0 Å². The van der Waals surface area contributed by atoms with Crippen molar-refractivity contribution < 1.29 is 14.6 Å². The van der Waals surface area contributed by atoms with E-state index in [2.05, 4.69) is 9.88 Å². The number of amides is 1. The molecule has 2 heterocycles. The number of anilines is 1. The number of carbonyl (C=O) groups excluding carboxylic acids is 1. The summed E-state index contributed by atoms with van der Waals surface area (Å²) in [5.41, 5.74) is 4.16. The van der Waals surface area contributed by atoms with Crippen LogP contribution < -0.4 is 9.64 Å². The second-order valence-electron chi connectivity index (χ2n) is 9.61. The Labute approximate surface area is 210 Å². The van der Waals surface area contributed by atoms with Gasteiger partial charge in [-0.3, -0.25) is 4.79 Å². The topological polar surface area (TPSA) is 68.8 Å². The van der Waals surface area contributed by atoms with Gasteiger partial charge in [0, 0.05) is 46.7 Å². The molecule has 0 radical (unpaired) electrons. The number of carbonyl (C=O) groups is 1. The van der Waals surface area contributed by atoms with Crippen LogP contribution in [0.25, 0.3) is 21.7 Å². The van der Waals surface area contributed by atoms with Crippen molar-refractivity contribution in [3.05, 3.63) is 65.4 Å². The van der Waals surface area contributed by atoms with E-state index >= 15 is 0 Å². The molecule has 7 heteroatoms. The predicted octanol–water partition coefficient (Wildman–Crippen LogP) is 5.65. The summed E-state index contributed by atoms with van der Waals surface area (Å²) in [4.78, 5) is 20.8. The Morgan fingerprint density at radius 1 is 1.26 bits per heavy atom. The molecule has 1 aliphatic rings. The van der Waals surface area contributed by atoms with Gasteiger partial charge in [-0.15, -0.1) is 11.6 Å². The van der Waals surface area contributed by atoms with Crippen molar-refractivity contribution in [1.82, 2.24) is 9.88 Å². The van der Waals surface area contributed by atoms with E-state index in [1.165, 1.54) is 0 Å². The van der Waals surface area contributed by atoms with Crippen molar-refractivity contribution in [2.24, 2.45) is 0 Å². The number of nitrogens with one attached hydrogen (secondary N) is 1. The summed E-state index contributed by atoms with van der Waals surface area (Å²) < 4.78 is 5.85. The standard InChI is InChI=1S/C28H30ClN3O3/c1-16-6-5-7-20-25(33)14-24-27(26(16)20)21(17(2)29)15-32(24)28(34)23-13-18-12-19(8-9-22(18)30-23)35-11-10-31(3)4/h5-9,12-14,17,21,30,33H,10-11,15H2,1-4H3/t17-,21-/m0/s1. The molecule has 1 amide bonds. The number of aryl methyl sites for hydroxylation is 1. The number of alkyl halides is 1. The monoisotopic (exact) mass is 491 g/mol. The average Bonchev–Trinajstić information content (AvgIpc) is 3.40. The van der Waals surface area contributed by atoms with Crippen LogP contribution in [-0.4, -0.2) is 60.1 Å². The van der Waals surface area contributed by atoms with Gasteiger partial charge in [0.15, 0.2) is 0 Å². The Hall–Kier alpha value is -3.22. The van der Waals surface area contributed by atoms with Crippen LogP contribution in [0.1, 0.15) is 34.5 Å². The normalized spacial score (nSPS) is 16.3. The molecular weight excluding hydrogens is 462 g/mol. The molecule has 0 unspecified atom stereocenters. The zero-order chi connectivity index (χ0) is 24.9. The first-order valence-electron chi connectivity index (χ1n) is 11.9. The van der Waals surface area contributed by atoms with Gasteiger partial charge in [0.1, 0.15) is 23.8 Å². The Morgan fingerprint density at radius 3 is 2.80 bits per heavy atom. The minimum absolute atomic E-state index is 0.0408. The van der Waals surface area contributed by atoms with Crippen LogP contribution in [0.4, 0.5) is 5.69 Å². The lowest BCUT2D eigenvalue weighted by Gasteiger charge is -2.18. The largest absolute Gasteiger partial charge is 0.507 e. The number of benzene rings is 3. The number of aromatic amines is 1. The number of rotatable bonds is 6. The maximum Gasteiger partial charge on any atom is 0.274 e. The third-order valence-corrected chi connectivity index (χ3v) is 7.14. The summed E-state index contributed by atoms with van der Waals surface area (Å²) in [6, 6.07) is 15.2. The lowest BCUT2D eigenvalue weighted by Crippen LogP contribution is -2.31. The number of hydrogen-bond acceptors (Lipinski definition) is 4. The molecule has 0 saturated heterocycles. The number of H-pyrrole nitrogens is 1. The quantitative estimate of drug-likeness (QED) is 0.342. The number of aromatic nitrogens is 1. The molecule has 35 heavy (non-hydrogen) atoms. The first-order valence-corrected chi connectivity index (χ1v) is 12.3. The number of halogens is 1. The second kappa shape index (κ2) is 9.10. The van der Waals surface area contributed by atoms with Gasteiger partial charge in [-0.25, -0.2) is 0 Å². The lowest BCUT2D eigenvalue weighted by atomic mass is 9.90. The zero-order valence-electron chi connectivity index (χ0n) is 20.4. The Morgan fingerprint density at radius 2 is 2.06 bits per heavy atom. The molecule has 2 atom stereocenters. The number of fused-ring (bicyclic) bond motifs is 4. The second-order valence-corrected chi connectivity index (χ2v) is 10.3. The molecule has 5 rings (SSSR count). The number of aromatic hydroxyl groups is 1. The highest BCUT2D eigenvalue weighted by atomic mass is 35.5. The summed E-state index contributed by atoms with van der Waals surface area (Å²) in [7, 11) is 4.01. The van der Waals surface area contributed by atoms with Gasteiger partial charge in [-0.05, 0) is 68.7 Å². The first-order chi connectivity index (χ1) is 16.7. The molecule has 1 aromatic heterocycles. The van der Waals surface area contributed by atoms with Crippen LogP contribution in [-0.2, 0) is 0 Å². The van der Waals surface area contributed by atoms with E-state index < -0.39 is 0 Å². The van der Waals surface area contributed by atoms with E-state index in [9.17, 15) is 9.90 Å². The van der Waals surface area contributed by atoms with Gasteiger partial charge in [-0.1, -0.05) is 18.2 Å². The number of nitrogens with zero attached hydrogens (tertiary/aromatic N) is 2. The zero-order valence-corrected chi connectivity index (χ0v) is 21.2. The van der Waals surface area contributed by atoms with E-state index in [1.54, 1.807) is 11.0 Å². The molecule has 0 fully saturated rings. The van der Waals surface area contributed by atoms with Gasteiger partial charge in [0.25, 0.3) is 5.91 Å². The Kier molecular flexibility index (Phi) is 6.11. The summed E-state index contributed by atoms with van der Waals surface area (Å²) in [5, 5.41) is 13.3. The van der Waals surface area contributed by atoms with Crippen molar-refractivity contribution in [3.8, 4) is 11.5 Å². The van der Waals surface area contributed by atoms with E-state index in [0.29, 0.717) is 18.8 Å². The fourth-order valence-corrected chi connectivity index (χ4v) is 5.22. The van der Waals surface area contributed by atoms with E-state index in [0.717, 1.165) is 50.8 Å². The molecule has 6 nitrogen and oxygen atoms in total. The lowest BCUT2D eigenvalue weighted by molar-refractivity contribution is 0.0984. The Balaban J connectivity index is 1.52. The van der Waals surface area contributed by atoms with Gasteiger partial charge in [-0.2, -0.15) is 0 Å². The molecule has 0 aliphatic carbocycles. The summed E-state index contributed by atoms with van der Waals surface area (Å²) in [6.45, 7) is 5.86. The fraction of sp³-hybridized carbons (Fsp3) is 0.321. The maximum atomic E-state index is 13.7. The summed E-state index contributed by atoms with van der Waals surface area (Å²) >= 11 is 6.64. The average molecular weight is 492 g/mol. The minimum Gasteiger partial charge on any atom is -0.507 e. The molecule has 0 saturated carbocycles. The van der Waals surface area contributed by atoms with E-state index in [1.807, 2.05) is 70.4 Å². The van der Waals surface area contributed by atoms with Crippen molar-refractivity contribution in [3.63, 3.8) is 0 Å².